The maximum Gasteiger partial charge on any atom is 0.227 e. The molecular formula is C14H21NO2. The van der Waals surface area contributed by atoms with Gasteiger partial charge in [-0.1, -0.05) is 43.7 Å². The van der Waals surface area contributed by atoms with Crippen molar-refractivity contribution in [3.63, 3.8) is 0 Å². The summed E-state index contributed by atoms with van der Waals surface area (Å²) in [4.78, 5) is 11.8. The van der Waals surface area contributed by atoms with Gasteiger partial charge in [0.15, 0.2) is 0 Å². The van der Waals surface area contributed by atoms with Crippen molar-refractivity contribution in [2.75, 3.05) is 6.54 Å². The highest BCUT2D eigenvalue weighted by atomic mass is 16.3. The summed E-state index contributed by atoms with van der Waals surface area (Å²) in [5, 5.41) is 12.3. The van der Waals surface area contributed by atoms with Crippen molar-refractivity contribution in [2.24, 2.45) is 0 Å². The van der Waals surface area contributed by atoms with Gasteiger partial charge in [-0.3, -0.25) is 4.79 Å². The molecular weight excluding hydrogens is 214 g/mol. The van der Waals surface area contributed by atoms with Gasteiger partial charge in [0.2, 0.25) is 5.91 Å². The molecule has 0 saturated heterocycles. The molecule has 2 N–H and O–H groups in total. The summed E-state index contributed by atoms with van der Waals surface area (Å²) >= 11 is 0. The summed E-state index contributed by atoms with van der Waals surface area (Å²) in [6.07, 6.45) is 1.21. The van der Waals surface area contributed by atoms with Gasteiger partial charge in [0.05, 0.1) is 12.0 Å². The van der Waals surface area contributed by atoms with Gasteiger partial charge in [-0.05, 0) is 18.9 Å². The lowest BCUT2D eigenvalue weighted by Gasteiger charge is -2.15. The Balaban J connectivity index is 2.43. The fourth-order valence-electron chi connectivity index (χ4n) is 1.70. The molecule has 2 unspecified atom stereocenters. The number of carbonyl (C=O) groups is 1. The zero-order valence-electron chi connectivity index (χ0n) is 10.5. The van der Waals surface area contributed by atoms with Crippen LogP contribution in [0.3, 0.4) is 0 Å². The van der Waals surface area contributed by atoms with Crippen molar-refractivity contribution in [1.29, 1.82) is 0 Å². The number of hydrogen-bond acceptors (Lipinski definition) is 2. The summed E-state index contributed by atoms with van der Waals surface area (Å²) < 4.78 is 0. The molecule has 94 valence electrons. The van der Waals surface area contributed by atoms with E-state index in [9.17, 15) is 9.90 Å². The normalized spacial score (nSPS) is 14.1. The molecule has 3 heteroatoms. The zero-order valence-corrected chi connectivity index (χ0v) is 10.5. The van der Waals surface area contributed by atoms with Crippen LogP contribution in [0.1, 0.15) is 38.2 Å². The fourth-order valence-corrected chi connectivity index (χ4v) is 1.70. The highest BCUT2D eigenvalue weighted by Crippen LogP contribution is 2.14. The van der Waals surface area contributed by atoms with Crippen LogP contribution in [0.5, 0.6) is 0 Å². The van der Waals surface area contributed by atoms with Crippen molar-refractivity contribution < 1.29 is 9.90 Å². The second-order valence-corrected chi connectivity index (χ2v) is 4.32. The molecule has 17 heavy (non-hydrogen) atoms. The minimum Gasteiger partial charge on any atom is -0.391 e. The lowest BCUT2D eigenvalue weighted by molar-refractivity contribution is -0.122. The first-order valence-corrected chi connectivity index (χ1v) is 6.15. The third kappa shape index (κ3) is 4.57. The molecule has 1 aromatic carbocycles. The first kappa shape index (κ1) is 13.7. The zero-order chi connectivity index (χ0) is 12.7. The molecule has 0 aliphatic heterocycles. The van der Waals surface area contributed by atoms with Gasteiger partial charge in [-0.25, -0.2) is 0 Å². The van der Waals surface area contributed by atoms with Crippen LogP contribution in [-0.2, 0) is 4.79 Å². The predicted octanol–water partition coefficient (Wildman–Crippen LogP) is 2.07. The third-order valence-electron chi connectivity index (χ3n) is 2.83. The Bertz CT molecular complexity index is 337. The summed E-state index contributed by atoms with van der Waals surface area (Å²) in [6.45, 7) is 4.22. The van der Waals surface area contributed by atoms with Gasteiger partial charge < -0.3 is 10.4 Å². The maximum absolute atomic E-state index is 11.8. The number of hydrogen-bond donors (Lipinski definition) is 2. The molecule has 1 aromatic rings. The van der Waals surface area contributed by atoms with Gasteiger partial charge in [-0.2, -0.15) is 0 Å². The number of aliphatic hydroxyl groups is 1. The summed E-state index contributed by atoms with van der Waals surface area (Å²) in [5.41, 5.74) is 0.995. The Hall–Kier alpha value is -1.35. The first-order valence-electron chi connectivity index (χ1n) is 6.15. The van der Waals surface area contributed by atoms with E-state index in [0.29, 0.717) is 6.54 Å². The van der Waals surface area contributed by atoms with Gasteiger partial charge in [0.25, 0.3) is 0 Å². The minimum absolute atomic E-state index is 0.0358. The van der Waals surface area contributed by atoms with Crippen LogP contribution in [-0.4, -0.2) is 23.7 Å². The molecule has 0 saturated carbocycles. The van der Waals surface area contributed by atoms with Gasteiger partial charge in [-0.15, -0.1) is 0 Å². The summed E-state index contributed by atoms with van der Waals surface area (Å²) in [5.74, 6) is -0.212. The second-order valence-electron chi connectivity index (χ2n) is 4.32. The third-order valence-corrected chi connectivity index (χ3v) is 2.83. The van der Waals surface area contributed by atoms with E-state index >= 15 is 0 Å². The van der Waals surface area contributed by atoms with Gasteiger partial charge >= 0.3 is 0 Å². The van der Waals surface area contributed by atoms with Crippen molar-refractivity contribution >= 4 is 5.91 Å². The topological polar surface area (TPSA) is 49.3 Å². The van der Waals surface area contributed by atoms with E-state index < -0.39 is 6.10 Å². The molecule has 0 radical (unpaired) electrons. The molecule has 0 aliphatic carbocycles. The van der Waals surface area contributed by atoms with E-state index in [0.717, 1.165) is 18.4 Å². The lowest BCUT2D eigenvalue weighted by atomic mass is 10.0. The van der Waals surface area contributed by atoms with Crippen molar-refractivity contribution in [3.05, 3.63) is 35.9 Å². The largest absolute Gasteiger partial charge is 0.391 e. The number of rotatable bonds is 6. The Morgan fingerprint density at radius 1 is 1.35 bits per heavy atom. The molecule has 0 fully saturated rings. The molecule has 1 rings (SSSR count). The number of aliphatic hydroxyl groups excluding tert-OH is 1. The lowest BCUT2D eigenvalue weighted by Crippen LogP contribution is -2.34. The first-order chi connectivity index (χ1) is 8.15. The predicted molar refractivity (Wildman–Crippen MR) is 68.8 cm³/mol. The highest BCUT2D eigenvalue weighted by molar-refractivity contribution is 5.83. The standard InChI is InChI=1S/C14H21NO2/c1-3-7-13(16)10-15-14(17)11(2)12-8-5-4-6-9-12/h4-6,8-9,11,13,16H,3,7,10H2,1-2H3,(H,15,17). The Morgan fingerprint density at radius 3 is 2.59 bits per heavy atom. The Labute approximate surface area is 103 Å². The van der Waals surface area contributed by atoms with E-state index in [1.165, 1.54) is 0 Å². The van der Waals surface area contributed by atoms with Crippen molar-refractivity contribution in [3.8, 4) is 0 Å². The number of carbonyl (C=O) groups excluding carboxylic acids is 1. The second kappa shape index (κ2) is 7.07. The molecule has 0 spiro atoms. The average molecular weight is 235 g/mol. The molecule has 0 aromatic heterocycles. The fraction of sp³-hybridized carbons (Fsp3) is 0.500. The smallest absolute Gasteiger partial charge is 0.227 e. The molecule has 3 nitrogen and oxygen atoms in total. The monoisotopic (exact) mass is 235 g/mol. The van der Waals surface area contributed by atoms with Gasteiger partial charge in [0.1, 0.15) is 0 Å². The highest BCUT2D eigenvalue weighted by Gasteiger charge is 2.15. The summed E-state index contributed by atoms with van der Waals surface area (Å²) in [6, 6.07) is 9.65. The van der Waals surface area contributed by atoms with E-state index in [4.69, 9.17) is 0 Å². The molecule has 2 atom stereocenters. The van der Waals surface area contributed by atoms with Crippen molar-refractivity contribution in [2.45, 2.75) is 38.7 Å². The van der Waals surface area contributed by atoms with Crippen LogP contribution in [0.15, 0.2) is 30.3 Å². The van der Waals surface area contributed by atoms with Gasteiger partial charge in [0, 0.05) is 6.54 Å². The number of amides is 1. The Kier molecular flexibility index (Phi) is 5.70. The van der Waals surface area contributed by atoms with E-state index in [1.807, 2.05) is 44.2 Å². The summed E-state index contributed by atoms with van der Waals surface area (Å²) in [7, 11) is 0. The number of benzene rings is 1. The van der Waals surface area contributed by atoms with E-state index in [1.54, 1.807) is 0 Å². The minimum atomic E-state index is -0.438. The average Bonchev–Trinajstić information content (AvgIpc) is 2.36. The molecule has 1 amide bonds. The van der Waals surface area contributed by atoms with E-state index in [-0.39, 0.29) is 11.8 Å². The van der Waals surface area contributed by atoms with Crippen molar-refractivity contribution in [1.82, 2.24) is 5.32 Å². The van der Waals surface area contributed by atoms with E-state index in [2.05, 4.69) is 5.32 Å². The van der Waals surface area contributed by atoms with Crippen LogP contribution >= 0.6 is 0 Å². The Morgan fingerprint density at radius 2 is 2.00 bits per heavy atom. The van der Waals surface area contributed by atoms with Crippen LogP contribution in [0.2, 0.25) is 0 Å². The van der Waals surface area contributed by atoms with Crippen LogP contribution in [0.4, 0.5) is 0 Å². The van der Waals surface area contributed by atoms with Crippen LogP contribution in [0, 0.1) is 0 Å². The maximum atomic E-state index is 11.8. The molecule has 0 aliphatic rings. The van der Waals surface area contributed by atoms with Crippen LogP contribution in [0.25, 0.3) is 0 Å². The molecule has 0 heterocycles. The SMILES string of the molecule is CCCC(O)CNC(=O)C(C)c1ccccc1. The van der Waals surface area contributed by atoms with Crippen LogP contribution < -0.4 is 5.32 Å². The number of nitrogens with one attached hydrogen (secondary N) is 1. The molecule has 0 bridgehead atoms. The quantitative estimate of drug-likeness (QED) is 0.793.